The minimum atomic E-state index is 0. The molecule has 4 N–H and O–H groups in total. The number of benzene rings is 1. The second-order valence-electron chi connectivity index (χ2n) is 3.10. The SMILES string of the molecule is Cc1cccc([C@H](N)CCN)c1.Cl. The first-order valence-electron chi connectivity index (χ1n) is 4.26. The van der Waals surface area contributed by atoms with E-state index in [2.05, 4.69) is 19.1 Å². The van der Waals surface area contributed by atoms with E-state index < -0.39 is 0 Å². The fraction of sp³-hybridized carbons (Fsp3) is 0.400. The molecular weight excluding hydrogens is 184 g/mol. The lowest BCUT2D eigenvalue weighted by molar-refractivity contribution is 0.661. The van der Waals surface area contributed by atoms with E-state index >= 15 is 0 Å². The van der Waals surface area contributed by atoms with Gasteiger partial charge in [-0.1, -0.05) is 29.8 Å². The smallest absolute Gasteiger partial charge is 0.0307 e. The maximum absolute atomic E-state index is 5.89. The predicted octanol–water partition coefficient (Wildman–Crippen LogP) is 1.77. The van der Waals surface area contributed by atoms with Gasteiger partial charge in [-0.25, -0.2) is 0 Å². The zero-order chi connectivity index (χ0) is 8.97. The fourth-order valence-electron chi connectivity index (χ4n) is 1.25. The van der Waals surface area contributed by atoms with Gasteiger partial charge < -0.3 is 11.5 Å². The van der Waals surface area contributed by atoms with Crippen molar-refractivity contribution < 1.29 is 0 Å². The third kappa shape index (κ3) is 3.77. The molecule has 0 radical (unpaired) electrons. The molecule has 0 aliphatic rings. The van der Waals surface area contributed by atoms with Crippen molar-refractivity contribution in [2.45, 2.75) is 19.4 Å². The normalized spacial score (nSPS) is 11.9. The zero-order valence-corrected chi connectivity index (χ0v) is 8.68. The summed E-state index contributed by atoms with van der Waals surface area (Å²) in [5, 5.41) is 0. The van der Waals surface area contributed by atoms with E-state index in [1.54, 1.807) is 0 Å². The summed E-state index contributed by atoms with van der Waals surface area (Å²) < 4.78 is 0. The Morgan fingerprint density at radius 1 is 1.38 bits per heavy atom. The van der Waals surface area contributed by atoms with E-state index in [4.69, 9.17) is 11.5 Å². The Hall–Kier alpha value is -0.570. The summed E-state index contributed by atoms with van der Waals surface area (Å²) in [5.74, 6) is 0. The topological polar surface area (TPSA) is 52.0 Å². The molecule has 0 saturated heterocycles. The molecule has 1 aromatic rings. The highest BCUT2D eigenvalue weighted by Gasteiger charge is 2.03. The molecule has 0 saturated carbocycles. The lowest BCUT2D eigenvalue weighted by atomic mass is 10.0. The number of hydrogen-bond acceptors (Lipinski definition) is 2. The van der Waals surface area contributed by atoms with E-state index in [1.165, 1.54) is 11.1 Å². The third-order valence-corrected chi connectivity index (χ3v) is 1.95. The van der Waals surface area contributed by atoms with Gasteiger partial charge >= 0.3 is 0 Å². The molecule has 0 fully saturated rings. The Balaban J connectivity index is 0.00000144. The van der Waals surface area contributed by atoms with Crippen molar-refractivity contribution >= 4 is 12.4 Å². The van der Waals surface area contributed by atoms with Crippen LogP contribution in [0.1, 0.15) is 23.6 Å². The summed E-state index contributed by atoms with van der Waals surface area (Å²) in [6.45, 7) is 2.72. The minimum Gasteiger partial charge on any atom is -0.330 e. The molecule has 2 nitrogen and oxygen atoms in total. The van der Waals surface area contributed by atoms with E-state index in [0.29, 0.717) is 6.54 Å². The van der Waals surface area contributed by atoms with Gasteiger partial charge in [0.05, 0.1) is 0 Å². The van der Waals surface area contributed by atoms with Crippen molar-refractivity contribution in [3.8, 4) is 0 Å². The zero-order valence-electron chi connectivity index (χ0n) is 7.86. The Morgan fingerprint density at radius 3 is 2.62 bits per heavy atom. The van der Waals surface area contributed by atoms with Gasteiger partial charge in [0.15, 0.2) is 0 Å². The third-order valence-electron chi connectivity index (χ3n) is 1.95. The number of nitrogens with two attached hydrogens (primary N) is 2. The van der Waals surface area contributed by atoms with Crippen LogP contribution in [0.25, 0.3) is 0 Å². The molecule has 0 bridgehead atoms. The first-order valence-corrected chi connectivity index (χ1v) is 4.26. The lowest BCUT2D eigenvalue weighted by Gasteiger charge is -2.10. The van der Waals surface area contributed by atoms with Crippen LogP contribution in [0.5, 0.6) is 0 Å². The maximum Gasteiger partial charge on any atom is 0.0307 e. The van der Waals surface area contributed by atoms with Crippen LogP contribution in [-0.2, 0) is 0 Å². The minimum absolute atomic E-state index is 0. The van der Waals surface area contributed by atoms with E-state index in [9.17, 15) is 0 Å². The van der Waals surface area contributed by atoms with Crippen LogP contribution in [0.2, 0.25) is 0 Å². The first kappa shape index (κ1) is 12.4. The molecule has 0 aliphatic carbocycles. The second kappa shape index (κ2) is 5.97. The first-order chi connectivity index (χ1) is 5.74. The van der Waals surface area contributed by atoms with E-state index in [-0.39, 0.29) is 18.4 Å². The largest absolute Gasteiger partial charge is 0.330 e. The molecule has 0 amide bonds. The molecule has 0 aliphatic heterocycles. The highest BCUT2D eigenvalue weighted by atomic mass is 35.5. The van der Waals surface area contributed by atoms with Crippen molar-refractivity contribution in [2.75, 3.05) is 6.54 Å². The molecule has 0 unspecified atom stereocenters. The van der Waals surface area contributed by atoms with Gasteiger partial charge in [-0.15, -0.1) is 12.4 Å². The van der Waals surface area contributed by atoms with Crippen molar-refractivity contribution in [2.24, 2.45) is 11.5 Å². The van der Waals surface area contributed by atoms with Gasteiger partial charge in [-0.2, -0.15) is 0 Å². The number of halogens is 1. The standard InChI is InChI=1S/C10H16N2.ClH/c1-8-3-2-4-9(7-8)10(12)5-6-11;/h2-4,7,10H,5-6,11-12H2,1H3;1H/t10-;/m1./s1. The number of hydrogen-bond donors (Lipinski definition) is 2. The van der Waals surface area contributed by atoms with Crippen molar-refractivity contribution in [3.63, 3.8) is 0 Å². The van der Waals surface area contributed by atoms with Gasteiger partial charge in [0.25, 0.3) is 0 Å². The summed E-state index contributed by atoms with van der Waals surface area (Å²) in [6, 6.07) is 8.35. The van der Waals surface area contributed by atoms with Crippen molar-refractivity contribution in [3.05, 3.63) is 35.4 Å². The molecule has 13 heavy (non-hydrogen) atoms. The molecule has 1 aromatic carbocycles. The Kier molecular flexibility index (Phi) is 5.71. The van der Waals surface area contributed by atoms with Crippen LogP contribution >= 0.6 is 12.4 Å². The fourth-order valence-corrected chi connectivity index (χ4v) is 1.25. The highest BCUT2D eigenvalue weighted by molar-refractivity contribution is 5.85. The number of aryl methyl sites for hydroxylation is 1. The Bertz CT molecular complexity index is 250. The van der Waals surface area contributed by atoms with Gasteiger partial charge in [0.1, 0.15) is 0 Å². The van der Waals surface area contributed by atoms with Crippen LogP contribution in [-0.4, -0.2) is 6.54 Å². The summed E-state index contributed by atoms with van der Waals surface area (Å²) in [4.78, 5) is 0. The monoisotopic (exact) mass is 200 g/mol. The molecule has 74 valence electrons. The number of rotatable bonds is 3. The van der Waals surface area contributed by atoms with Crippen LogP contribution in [0, 0.1) is 6.92 Å². The molecule has 0 heterocycles. The van der Waals surface area contributed by atoms with Crippen molar-refractivity contribution in [1.29, 1.82) is 0 Å². The van der Waals surface area contributed by atoms with Gasteiger partial charge in [-0.05, 0) is 25.5 Å². The van der Waals surface area contributed by atoms with Crippen LogP contribution in [0.4, 0.5) is 0 Å². The quantitative estimate of drug-likeness (QED) is 0.782. The Labute approximate surface area is 85.7 Å². The molecule has 0 spiro atoms. The van der Waals surface area contributed by atoms with Crippen LogP contribution in [0.3, 0.4) is 0 Å². The average molecular weight is 201 g/mol. The summed E-state index contributed by atoms with van der Waals surface area (Å²) >= 11 is 0. The summed E-state index contributed by atoms with van der Waals surface area (Å²) in [6.07, 6.45) is 0.851. The summed E-state index contributed by atoms with van der Waals surface area (Å²) in [7, 11) is 0. The second-order valence-corrected chi connectivity index (χ2v) is 3.10. The maximum atomic E-state index is 5.89. The highest BCUT2D eigenvalue weighted by Crippen LogP contribution is 2.14. The van der Waals surface area contributed by atoms with E-state index in [1.807, 2.05) is 12.1 Å². The molecule has 1 rings (SSSR count). The van der Waals surface area contributed by atoms with Gasteiger partial charge in [0.2, 0.25) is 0 Å². The predicted molar refractivity (Wildman–Crippen MR) is 59.0 cm³/mol. The lowest BCUT2D eigenvalue weighted by Crippen LogP contribution is -2.15. The molecular formula is C10H17ClN2. The van der Waals surface area contributed by atoms with Crippen molar-refractivity contribution in [1.82, 2.24) is 0 Å². The molecule has 0 aromatic heterocycles. The van der Waals surface area contributed by atoms with E-state index in [0.717, 1.165) is 6.42 Å². The van der Waals surface area contributed by atoms with Gasteiger partial charge in [-0.3, -0.25) is 0 Å². The average Bonchev–Trinajstić information content (AvgIpc) is 2.05. The summed E-state index contributed by atoms with van der Waals surface area (Å²) in [5.41, 5.74) is 13.8. The van der Waals surface area contributed by atoms with Crippen LogP contribution in [0.15, 0.2) is 24.3 Å². The molecule has 3 heteroatoms. The molecule has 1 atom stereocenters. The van der Waals surface area contributed by atoms with Gasteiger partial charge in [0, 0.05) is 6.04 Å². The van der Waals surface area contributed by atoms with Crippen LogP contribution < -0.4 is 11.5 Å². The Morgan fingerprint density at radius 2 is 2.08 bits per heavy atom.